The molecule has 1 saturated heterocycles. The molecule has 5 nitrogen and oxygen atoms in total. The maximum atomic E-state index is 6.93. The Balaban J connectivity index is 1.94. The van der Waals surface area contributed by atoms with Crippen LogP contribution < -0.4 is 15.3 Å². The highest BCUT2D eigenvalue weighted by Crippen LogP contribution is 2.47. The summed E-state index contributed by atoms with van der Waals surface area (Å²) in [5.41, 5.74) is 2.06. The first-order valence-corrected chi connectivity index (χ1v) is 10.7. The Morgan fingerprint density at radius 1 is 0.871 bits per heavy atom. The average Bonchev–Trinajstić information content (AvgIpc) is 3.25. The van der Waals surface area contributed by atoms with Gasteiger partial charge in [-0.1, -0.05) is 72.8 Å². The highest BCUT2D eigenvalue weighted by Gasteiger charge is 2.42. The second-order valence-electron chi connectivity index (χ2n) is 7.80. The van der Waals surface area contributed by atoms with Crippen molar-refractivity contribution in [1.29, 1.82) is 0 Å². The van der Waals surface area contributed by atoms with E-state index in [9.17, 15) is 0 Å². The Morgan fingerprint density at radius 3 is 2.03 bits per heavy atom. The van der Waals surface area contributed by atoms with Gasteiger partial charge in [-0.25, -0.2) is 5.01 Å². The van der Waals surface area contributed by atoms with Crippen LogP contribution >= 0.6 is 0 Å². The standard InChI is InChI=1S/C26H30N2O3/c1-29-24-17-9-16-23(25(24)30-2)26(20-11-5-3-6-12-20,21-13-7-4-8-14-21)31-19-22-15-10-18-28(22)27/h3-9,11-14,16-17,22H,10,15,18-19,27H2,1-2H3. The zero-order valence-corrected chi connectivity index (χ0v) is 18.2. The fourth-order valence-corrected chi connectivity index (χ4v) is 4.49. The van der Waals surface area contributed by atoms with Gasteiger partial charge in [-0.3, -0.25) is 5.84 Å². The first kappa shape index (κ1) is 21.4. The average molecular weight is 419 g/mol. The maximum absolute atomic E-state index is 6.93. The third kappa shape index (κ3) is 4.04. The maximum Gasteiger partial charge on any atom is 0.167 e. The molecule has 0 aromatic heterocycles. The van der Waals surface area contributed by atoms with Crippen LogP contribution in [0.15, 0.2) is 78.9 Å². The molecule has 1 fully saturated rings. The van der Waals surface area contributed by atoms with Crippen molar-refractivity contribution in [2.45, 2.75) is 24.5 Å². The number of rotatable bonds is 8. The summed E-state index contributed by atoms with van der Waals surface area (Å²) in [7, 11) is 3.32. The lowest BCUT2D eigenvalue weighted by molar-refractivity contribution is -0.0169. The largest absolute Gasteiger partial charge is 0.493 e. The Morgan fingerprint density at radius 2 is 1.52 bits per heavy atom. The van der Waals surface area contributed by atoms with Crippen LogP contribution in [0, 0.1) is 0 Å². The number of nitrogens with two attached hydrogens (primary N) is 1. The summed E-state index contributed by atoms with van der Waals surface area (Å²) in [6.07, 6.45) is 2.10. The molecule has 31 heavy (non-hydrogen) atoms. The van der Waals surface area contributed by atoms with E-state index in [1.54, 1.807) is 14.2 Å². The summed E-state index contributed by atoms with van der Waals surface area (Å²) < 4.78 is 18.4. The highest BCUT2D eigenvalue weighted by molar-refractivity contribution is 5.57. The molecule has 0 bridgehead atoms. The number of hydrazine groups is 1. The van der Waals surface area contributed by atoms with Crippen LogP contribution in [0.5, 0.6) is 11.5 Å². The molecule has 1 aliphatic heterocycles. The van der Waals surface area contributed by atoms with Crippen LogP contribution in [0.25, 0.3) is 0 Å². The van der Waals surface area contributed by atoms with E-state index in [1.807, 2.05) is 53.5 Å². The zero-order valence-electron chi connectivity index (χ0n) is 18.2. The fourth-order valence-electron chi connectivity index (χ4n) is 4.49. The van der Waals surface area contributed by atoms with Crippen LogP contribution in [-0.4, -0.2) is 38.4 Å². The van der Waals surface area contributed by atoms with E-state index in [1.165, 1.54) is 0 Å². The van der Waals surface area contributed by atoms with E-state index in [-0.39, 0.29) is 6.04 Å². The van der Waals surface area contributed by atoms with Gasteiger partial charge in [0.2, 0.25) is 0 Å². The van der Waals surface area contributed by atoms with Gasteiger partial charge in [-0.2, -0.15) is 0 Å². The molecular formula is C26H30N2O3. The lowest BCUT2D eigenvalue weighted by Gasteiger charge is -2.38. The minimum absolute atomic E-state index is 0.170. The molecule has 0 radical (unpaired) electrons. The molecule has 1 aliphatic rings. The van der Waals surface area contributed by atoms with Gasteiger partial charge in [0.05, 0.1) is 20.8 Å². The van der Waals surface area contributed by atoms with Gasteiger partial charge in [0.25, 0.3) is 0 Å². The minimum Gasteiger partial charge on any atom is -0.493 e. The monoisotopic (exact) mass is 418 g/mol. The first-order valence-electron chi connectivity index (χ1n) is 10.7. The van der Waals surface area contributed by atoms with Crippen molar-refractivity contribution in [3.05, 3.63) is 95.6 Å². The van der Waals surface area contributed by atoms with E-state index < -0.39 is 5.60 Å². The van der Waals surface area contributed by atoms with Gasteiger partial charge in [0.1, 0.15) is 5.60 Å². The second kappa shape index (κ2) is 9.52. The van der Waals surface area contributed by atoms with Crippen molar-refractivity contribution in [1.82, 2.24) is 5.01 Å². The van der Waals surface area contributed by atoms with Gasteiger partial charge in [0, 0.05) is 18.2 Å². The van der Waals surface area contributed by atoms with Crippen LogP contribution in [0.1, 0.15) is 29.5 Å². The van der Waals surface area contributed by atoms with Gasteiger partial charge in [0.15, 0.2) is 11.5 Å². The van der Waals surface area contributed by atoms with E-state index in [0.717, 1.165) is 36.1 Å². The lowest BCUT2D eigenvalue weighted by Crippen LogP contribution is -2.42. The predicted molar refractivity (Wildman–Crippen MR) is 122 cm³/mol. The summed E-state index contributed by atoms with van der Waals surface area (Å²) in [5, 5.41) is 1.89. The van der Waals surface area contributed by atoms with E-state index in [0.29, 0.717) is 18.1 Å². The van der Waals surface area contributed by atoms with Crippen LogP contribution in [0.2, 0.25) is 0 Å². The minimum atomic E-state index is -0.883. The van der Waals surface area contributed by atoms with Gasteiger partial charge < -0.3 is 14.2 Å². The topological polar surface area (TPSA) is 57.0 Å². The van der Waals surface area contributed by atoms with Crippen molar-refractivity contribution < 1.29 is 14.2 Å². The molecule has 4 rings (SSSR count). The second-order valence-corrected chi connectivity index (χ2v) is 7.80. The number of ether oxygens (including phenoxy) is 3. The predicted octanol–water partition coefficient (Wildman–Crippen LogP) is 4.35. The van der Waals surface area contributed by atoms with Crippen molar-refractivity contribution in [2.75, 3.05) is 27.4 Å². The number of hydrogen-bond donors (Lipinski definition) is 1. The summed E-state index contributed by atoms with van der Waals surface area (Å²) in [6, 6.07) is 26.7. The van der Waals surface area contributed by atoms with E-state index in [2.05, 4.69) is 30.3 Å². The smallest absolute Gasteiger partial charge is 0.167 e. The van der Waals surface area contributed by atoms with Crippen molar-refractivity contribution in [2.24, 2.45) is 5.84 Å². The van der Waals surface area contributed by atoms with Crippen molar-refractivity contribution >= 4 is 0 Å². The molecule has 1 atom stereocenters. The molecule has 2 N–H and O–H groups in total. The highest BCUT2D eigenvalue weighted by atomic mass is 16.5. The third-order valence-electron chi connectivity index (χ3n) is 6.06. The third-order valence-corrected chi connectivity index (χ3v) is 6.06. The Labute approximate surface area is 184 Å². The Bertz CT molecular complexity index is 939. The van der Waals surface area contributed by atoms with E-state index >= 15 is 0 Å². The number of benzene rings is 3. The molecular weight excluding hydrogens is 388 g/mol. The quantitative estimate of drug-likeness (QED) is 0.435. The molecule has 1 heterocycles. The molecule has 3 aromatic carbocycles. The van der Waals surface area contributed by atoms with Crippen LogP contribution in [-0.2, 0) is 10.3 Å². The fraction of sp³-hybridized carbons (Fsp3) is 0.308. The number of para-hydroxylation sites is 1. The van der Waals surface area contributed by atoms with Crippen LogP contribution in [0.3, 0.4) is 0 Å². The molecule has 1 unspecified atom stereocenters. The van der Waals surface area contributed by atoms with Gasteiger partial charge in [-0.15, -0.1) is 0 Å². The summed E-state index contributed by atoms with van der Waals surface area (Å²) in [6.45, 7) is 1.39. The summed E-state index contributed by atoms with van der Waals surface area (Å²) in [5.74, 6) is 7.56. The SMILES string of the molecule is COc1cccc(C(OCC2CCCN2N)(c2ccccc2)c2ccccc2)c1OC. The molecule has 0 saturated carbocycles. The Hall–Kier alpha value is -2.86. The molecule has 0 amide bonds. The van der Waals surface area contributed by atoms with Gasteiger partial charge in [-0.05, 0) is 30.0 Å². The number of hydrogen-bond acceptors (Lipinski definition) is 5. The molecule has 0 spiro atoms. The molecule has 162 valence electrons. The van der Waals surface area contributed by atoms with Crippen molar-refractivity contribution in [3.8, 4) is 11.5 Å². The Kier molecular flexibility index (Phi) is 6.56. The molecule has 3 aromatic rings. The van der Waals surface area contributed by atoms with Crippen molar-refractivity contribution in [3.63, 3.8) is 0 Å². The summed E-state index contributed by atoms with van der Waals surface area (Å²) in [4.78, 5) is 0. The van der Waals surface area contributed by atoms with Crippen LogP contribution in [0.4, 0.5) is 0 Å². The zero-order chi connectivity index (χ0) is 21.7. The van der Waals surface area contributed by atoms with Gasteiger partial charge >= 0.3 is 0 Å². The molecule has 5 heteroatoms. The first-order chi connectivity index (χ1) is 15.2. The molecule has 0 aliphatic carbocycles. The lowest BCUT2D eigenvalue weighted by atomic mass is 9.79. The van der Waals surface area contributed by atoms with E-state index in [4.69, 9.17) is 20.1 Å². The number of nitrogens with zero attached hydrogens (tertiary/aromatic N) is 1. The normalized spacial score (nSPS) is 16.9. The summed E-state index contributed by atoms with van der Waals surface area (Å²) >= 11 is 0. The number of methoxy groups -OCH3 is 2.